The maximum absolute atomic E-state index is 13.9. The highest BCUT2D eigenvalue weighted by Gasteiger charge is 2.36. The molecule has 1 aliphatic heterocycles. The fourth-order valence-corrected chi connectivity index (χ4v) is 2.74. The number of nitrogens with zero attached hydrogens (tertiary/aromatic N) is 3. The summed E-state index contributed by atoms with van der Waals surface area (Å²) < 4.78 is 89.5. The van der Waals surface area contributed by atoms with E-state index >= 15 is 0 Å². The Morgan fingerprint density at radius 1 is 1.04 bits per heavy atom. The maximum atomic E-state index is 13.9. The molecule has 0 N–H and O–H groups in total. The van der Waals surface area contributed by atoms with Crippen LogP contribution in [0.25, 0.3) is 0 Å². The van der Waals surface area contributed by atoms with Crippen LogP contribution in [0.15, 0.2) is 24.4 Å². The lowest BCUT2D eigenvalue weighted by Gasteiger charge is -2.28. The Morgan fingerprint density at radius 2 is 1.77 bits per heavy atom. The summed E-state index contributed by atoms with van der Waals surface area (Å²) in [5.41, 5.74) is -0.238. The first-order valence-electron chi connectivity index (χ1n) is 7.54. The second kappa shape index (κ2) is 6.49. The Bertz CT molecular complexity index is 814. The summed E-state index contributed by atoms with van der Waals surface area (Å²) in [7, 11) is 0. The molecule has 0 saturated heterocycles. The van der Waals surface area contributed by atoms with Crippen molar-refractivity contribution in [3.63, 3.8) is 0 Å². The van der Waals surface area contributed by atoms with E-state index in [0.717, 1.165) is 18.3 Å². The molecule has 0 bridgehead atoms. The molecular weight excluding hydrogens is 367 g/mol. The number of rotatable bonds is 2. The Hall–Kier alpha value is -2.23. The van der Waals surface area contributed by atoms with Gasteiger partial charge < -0.3 is 0 Å². The Balaban J connectivity index is 1.74. The van der Waals surface area contributed by atoms with Gasteiger partial charge >= 0.3 is 12.4 Å². The standard InChI is InChI=1S/C16H12F7N3/c17-12-5-11(15(18,19)20)2-1-9(12)7-26-4-3-13-10(8-26)6-24-14(25-13)16(21,22)23/h1-2,5-6H,3-4,7-8H2. The lowest BCUT2D eigenvalue weighted by molar-refractivity contribution is -0.145. The van der Waals surface area contributed by atoms with E-state index in [4.69, 9.17) is 0 Å². The molecule has 0 amide bonds. The minimum Gasteiger partial charge on any atom is -0.294 e. The van der Waals surface area contributed by atoms with Crippen molar-refractivity contribution < 1.29 is 30.7 Å². The van der Waals surface area contributed by atoms with Crippen molar-refractivity contribution >= 4 is 0 Å². The molecule has 26 heavy (non-hydrogen) atoms. The third kappa shape index (κ3) is 3.95. The fraction of sp³-hybridized carbons (Fsp3) is 0.375. The molecule has 0 saturated carbocycles. The van der Waals surface area contributed by atoms with Gasteiger partial charge in [0, 0.05) is 43.4 Å². The van der Waals surface area contributed by atoms with Gasteiger partial charge in [0.1, 0.15) is 5.82 Å². The van der Waals surface area contributed by atoms with Gasteiger partial charge in [0.15, 0.2) is 0 Å². The highest BCUT2D eigenvalue weighted by molar-refractivity contribution is 5.27. The predicted octanol–water partition coefficient (Wildman–Crippen LogP) is 4.21. The molecule has 1 aromatic heterocycles. The maximum Gasteiger partial charge on any atom is 0.451 e. The summed E-state index contributed by atoms with van der Waals surface area (Å²) in [6.45, 7) is 0.528. The van der Waals surface area contributed by atoms with Crippen LogP contribution >= 0.6 is 0 Å². The van der Waals surface area contributed by atoms with Gasteiger partial charge in [-0.15, -0.1) is 0 Å². The molecule has 140 valence electrons. The Morgan fingerprint density at radius 3 is 2.38 bits per heavy atom. The molecular formula is C16H12F7N3. The van der Waals surface area contributed by atoms with Gasteiger partial charge in [-0.2, -0.15) is 26.3 Å². The zero-order valence-electron chi connectivity index (χ0n) is 13.1. The van der Waals surface area contributed by atoms with Crippen LogP contribution in [-0.2, 0) is 31.9 Å². The van der Waals surface area contributed by atoms with E-state index in [1.807, 2.05) is 0 Å². The van der Waals surface area contributed by atoms with E-state index in [0.29, 0.717) is 18.2 Å². The van der Waals surface area contributed by atoms with Crippen LogP contribution in [0.4, 0.5) is 30.7 Å². The summed E-state index contributed by atoms with van der Waals surface area (Å²) in [5, 5.41) is 0. The quantitative estimate of drug-likeness (QED) is 0.732. The van der Waals surface area contributed by atoms with Gasteiger partial charge in [0.2, 0.25) is 5.82 Å². The second-order valence-corrected chi connectivity index (χ2v) is 5.93. The average molecular weight is 379 g/mol. The van der Waals surface area contributed by atoms with E-state index in [1.54, 1.807) is 4.90 Å². The summed E-state index contributed by atoms with van der Waals surface area (Å²) in [4.78, 5) is 8.53. The molecule has 0 aliphatic carbocycles. The first kappa shape index (κ1) is 18.6. The topological polar surface area (TPSA) is 29.0 Å². The molecule has 0 spiro atoms. The van der Waals surface area contributed by atoms with Crippen LogP contribution in [0.1, 0.15) is 28.2 Å². The molecule has 10 heteroatoms. The van der Waals surface area contributed by atoms with Crippen LogP contribution in [0.2, 0.25) is 0 Å². The van der Waals surface area contributed by atoms with E-state index in [9.17, 15) is 30.7 Å². The first-order valence-corrected chi connectivity index (χ1v) is 7.54. The van der Waals surface area contributed by atoms with Gasteiger partial charge in [-0.05, 0) is 12.1 Å². The van der Waals surface area contributed by atoms with Crippen molar-refractivity contribution in [2.45, 2.75) is 31.9 Å². The monoisotopic (exact) mass is 379 g/mol. The highest BCUT2D eigenvalue weighted by Crippen LogP contribution is 2.31. The largest absolute Gasteiger partial charge is 0.451 e. The molecule has 0 fully saturated rings. The molecule has 0 atom stereocenters. The molecule has 1 aliphatic rings. The smallest absolute Gasteiger partial charge is 0.294 e. The van der Waals surface area contributed by atoms with Gasteiger partial charge in [-0.25, -0.2) is 14.4 Å². The minimum atomic E-state index is -4.63. The van der Waals surface area contributed by atoms with Gasteiger partial charge in [-0.3, -0.25) is 4.90 Å². The van der Waals surface area contributed by atoms with E-state index in [-0.39, 0.29) is 30.8 Å². The molecule has 3 nitrogen and oxygen atoms in total. The zero-order chi connectivity index (χ0) is 19.1. The highest BCUT2D eigenvalue weighted by atomic mass is 19.4. The SMILES string of the molecule is Fc1cc(C(F)(F)F)ccc1CN1CCc2nc(C(F)(F)F)ncc2C1. The van der Waals surface area contributed by atoms with Crippen molar-refractivity contribution in [2.75, 3.05) is 6.54 Å². The molecule has 3 rings (SSSR count). The van der Waals surface area contributed by atoms with Crippen LogP contribution in [0, 0.1) is 5.82 Å². The van der Waals surface area contributed by atoms with Gasteiger partial charge in [0.05, 0.1) is 11.3 Å². The Kier molecular flexibility index (Phi) is 4.63. The van der Waals surface area contributed by atoms with Crippen molar-refractivity contribution in [3.05, 3.63) is 58.4 Å². The summed E-state index contributed by atoms with van der Waals surface area (Å²) >= 11 is 0. The number of hydrogen-bond donors (Lipinski definition) is 0. The molecule has 1 aromatic carbocycles. The molecule has 0 radical (unpaired) electrons. The lowest BCUT2D eigenvalue weighted by atomic mass is 10.1. The number of alkyl halides is 6. The zero-order valence-corrected chi connectivity index (χ0v) is 13.1. The van der Waals surface area contributed by atoms with Gasteiger partial charge in [0.25, 0.3) is 0 Å². The number of benzene rings is 1. The van der Waals surface area contributed by atoms with Crippen molar-refractivity contribution in [3.8, 4) is 0 Å². The molecule has 2 heterocycles. The summed E-state index contributed by atoms with van der Waals surface area (Å²) in [6.07, 6.45) is -7.96. The number of fused-ring (bicyclic) bond motifs is 1. The molecule has 2 aromatic rings. The van der Waals surface area contributed by atoms with Crippen molar-refractivity contribution in [2.24, 2.45) is 0 Å². The van der Waals surface area contributed by atoms with E-state index in [1.165, 1.54) is 0 Å². The van der Waals surface area contributed by atoms with Crippen LogP contribution in [0.3, 0.4) is 0 Å². The first-order chi connectivity index (χ1) is 12.0. The van der Waals surface area contributed by atoms with E-state index in [2.05, 4.69) is 9.97 Å². The normalized spacial score (nSPS) is 15.8. The predicted molar refractivity (Wildman–Crippen MR) is 76.3 cm³/mol. The Labute approximate surface area is 143 Å². The van der Waals surface area contributed by atoms with Gasteiger partial charge in [-0.1, -0.05) is 6.07 Å². The number of aromatic nitrogens is 2. The van der Waals surface area contributed by atoms with Crippen LogP contribution < -0.4 is 0 Å². The summed E-state index contributed by atoms with van der Waals surface area (Å²) in [6, 6.07) is 2.30. The molecule has 0 unspecified atom stereocenters. The third-order valence-corrected chi connectivity index (χ3v) is 4.04. The average Bonchev–Trinajstić information content (AvgIpc) is 2.54. The second-order valence-electron chi connectivity index (χ2n) is 5.93. The third-order valence-electron chi connectivity index (χ3n) is 4.04. The fourth-order valence-electron chi connectivity index (χ4n) is 2.74. The van der Waals surface area contributed by atoms with Crippen LogP contribution in [0.5, 0.6) is 0 Å². The van der Waals surface area contributed by atoms with Crippen molar-refractivity contribution in [1.29, 1.82) is 0 Å². The number of hydrogen-bond acceptors (Lipinski definition) is 3. The van der Waals surface area contributed by atoms with E-state index < -0.39 is 29.6 Å². The lowest BCUT2D eigenvalue weighted by Crippen LogP contribution is -2.32. The minimum absolute atomic E-state index is 0.0322. The van der Waals surface area contributed by atoms with Crippen LogP contribution in [-0.4, -0.2) is 21.4 Å². The number of halogens is 7. The summed E-state index contributed by atoms with van der Waals surface area (Å²) in [5.74, 6) is -2.19. The van der Waals surface area contributed by atoms with Crippen molar-refractivity contribution in [1.82, 2.24) is 14.9 Å².